The Morgan fingerprint density at radius 3 is 2.52 bits per heavy atom. The first-order chi connectivity index (χ1) is 13.1. The van der Waals surface area contributed by atoms with Crippen LogP contribution < -0.4 is 10.1 Å². The molecule has 8 heteroatoms. The first-order valence-corrected chi connectivity index (χ1v) is 9.94. The third-order valence-corrected chi connectivity index (χ3v) is 5.91. The predicted octanol–water partition coefficient (Wildman–Crippen LogP) is 4.21. The fourth-order valence-electron chi connectivity index (χ4n) is 2.40. The smallest absolute Gasteiger partial charge is 0.240 e. The molecule has 0 aliphatic rings. The second kappa shape index (κ2) is 8.88. The van der Waals surface area contributed by atoms with E-state index in [1.807, 2.05) is 54.6 Å². The molecule has 140 valence electrons. The Labute approximate surface area is 166 Å². The van der Waals surface area contributed by atoms with Gasteiger partial charge in [0.05, 0.1) is 12.8 Å². The molecule has 1 aromatic heterocycles. The van der Waals surface area contributed by atoms with Crippen LogP contribution in [-0.4, -0.2) is 42.2 Å². The summed E-state index contributed by atoms with van der Waals surface area (Å²) in [7, 11) is 5.14. The minimum absolute atomic E-state index is 0.0145. The molecule has 3 aromatic rings. The Hall–Kier alpha value is -2.58. The zero-order chi connectivity index (χ0) is 19.2. The standard InChI is InChI=1S/C19H20N4O2S2/c1-23(2)17(24)16(13-9-5-4-6-10-13)26-19-22-21-18(27-19)20-14-11-7-8-12-15(14)25-3/h4-12,16H,1-3H3,(H,20,21). The van der Waals surface area contributed by atoms with Crippen molar-refractivity contribution in [1.82, 2.24) is 15.1 Å². The molecule has 6 nitrogen and oxygen atoms in total. The van der Waals surface area contributed by atoms with E-state index in [2.05, 4.69) is 15.5 Å². The van der Waals surface area contributed by atoms with Gasteiger partial charge in [0, 0.05) is 14.1 Å². The van der Waals surface area contributed by atoms with Crippen molar-refractivity contribution in [2.24, 2.45) is 0 Å². The number of carbonyl (C=O) groups is 1. The van der Waals surface area contributed by atoms with Crippen LogP contribution in [-0.2, 0) is 4.79 Å². The molecule has 0 saturated heterocycles. The molecule has 1 amide bonds. The van der Waals surface area contributed by atoms with Gasteiger partial charge in [0.1, 0.15) is 11.0 Å². The Bertz CT molecular complexity index is 899. The largest absolute Gasteiger partial charge is 0.495 e. The van der Waals surface area contributed by atoms with Crippen LogP contribution in [0.4, 0.5) is 10.8 Å². The van der Waals surface area contributed by atoms with Gasteiger partial charge in [-0.25, -0.2) is 0 Å². The van der Waals surface area contributed by atoms with Gasteiger partial charge < -0.3 is 15.0 Å². The average Bonchev–Trinajstić information content (AvgIpc) is 3.13. The van der Waals surface area contributed by atoms with Crippen molar-refractivity contribution >= 4 is 39.8 Å². The molecule has 1 heterocycles. The molecule has 0 aliphatic carbocycles. The summed E-state index contributed by atoms with van der Waals surface area (Å²) < 4.78 is 6.06. The Kier molecular flexibility index (Phi) is 6.31. The normalized spacial score (nSPS) is 11.7. The molecule has 3 rings (SSSR count). The molecule has 1 unspecified atom stereocenters. The average molecular weight is 401 g/mol. The highest BCUT2D eigenvalue weighted by Crippen LogP contribution is 2.39. The quantitative estimate of drug-likeness (QED) is 0.599. The van der Waals surface area contributed by atoms with E-state index >= 15 is 0 Å². The van der Waals surface area contributed by atoms with Crippen molar-refractivity contribution in [3.8, 4) is 5.75 Å². The molecular formula is C19H20N4O2S2. The van der Waals surface area contributed by atoms with Crippen LogP contribution in [0.1, 0.15) is 10.8 Å². The van der Waals surface area contributed by atoms with Crippen LogP contribution in [0.5, 0.6) is 5.75 Å². The number of para-hydroxylation sites is 2. The summed E-state index contributed by atoms with van der Waals surface area (Å²) in [6, 6.07) is 17.3. The summed E-state index contributed by atoms with van der Waals surface area (Å²) in [5.41, 5.74) is 1.76. The predicted molar refractivity (Wildman–Crippen MR) is 110 cm³/mol. The van der Waals surface area contributed by atoms with Crippen molar-refractivity contribution in [1.29, 1.82) is 0 Å². The fourth-order valence-corrected chi connectivity index (χ4v) is 4.50. The number of aromatic nitrogens is 2. The van der Waals surface area contributed by atoms with Gasteiger partial charge in [-0.05, 0) is 17.7 Å². The third kappa shape index (κ3) is 4.78. The van der Waals surface area contributed by atoms with E-state index in [4.69, 9.17) is 4.74 Å². The highest BCUT2D eigenvalue weighted by atomic mass is 32.2. The number of ether oxygens (including phenoxy) is 1. The molecule has 0 fully saturated rings. The number of rotatable bonds is 7. The van der Waals surface area contributed by atoms with Crippen molar-refractivity contribution in [2.45, 2.75) is 9.59 Å². The number of anilines is 2. The minimum atomic E-state index is -0.367. The lowest BCUT2D eigenvalue weighted by Crippen LogP contribution is -2.26. The summed E-state index contributed by atoms with van der Waals surface area (Å²) in [5.74, 6) is 0.743. The first kappa shape index (κ1) is 19.2. The van der Waals surface area contributed by atoms with E-state index in [-0.39, 0.29) is 11.2 Å². The molecule has 0 spiro atoms. The Balaban J connectivity index is 1.79. The van der Waals surface area contributed by atoms with Gasteiger partial charge >= 0.3 is 0 Å². The zero-order valence-corrected chi connectivity index (χ0v) is 16.9. The summed E-state index contributed by atoms with van der Waals surface area (Å²) in [4.78, 5) is 14.3. The number of benzene rings is 2. The Morgan fingerprint density at radius 1 is 1.11 bits per heavy atom. The maximum atomic E-state index is 12.7. The monoisotopic (exact) mass is 400 g/mol. The third-order valence-electron chi connectivity index (χ3n) is 3.74. The van der Waals surface area contributed by atoms with Crippen LogP contribution in [0.15, 0.2) is 58.9 Å². The van der Waals surface area contributed by atoms with Gasteiger partial charge in [-0.2, -0.15) is 0 Å². The summed E-state index contributed by atoms with van der Waals surface area (Å²) >= 11 is 2.80. The van der Waals surface area contributed by atoms with Gasteiger partial charge in [-0.3, -0.25) is 4.79 Å². The van der Waals surface area contributed by atoms with E-state index < -0.39 is 0 Å². The molecule has 0 radical (unpaired) electrons. The van der Waals surface area contributed by atoms with Gasteiger partial charge in [0.2, 0.25) is 11.0 Å². The summed E-state index contributed by atoms with van der Waals surface area (Å²) in [6.07, 6.45) is 0. The second-order valence-electron chi connectivity index (χ2n) is 5.84. The molecule has 2 aromatic carbocycles. The van der Waals surface area contributed by atoms with E-state index in [9.17, 15) is 4.79 Å². The topological polar surface area (TPSA) is 67.3 Å². The molecule has 1 atom stereocenters. The molecule has 27 heavy (non-hydrogen) atoms. The summed E-state index contributed by atoms with van der Waals surface area (Å²) in [5, 5.41) is 11.9. The number of nitrogens with one attached hydrogen (secondary N) is 1. The zero-order valence-electron chi connectivity index (χ0n) is 15.2. The maximum Gasteiger partial charge on any atom is 0.240 e. The number of thioether (sulfide) groups is 1. The number of carbonyl (C=O) groups excluding carboxylic acids is 1. The highest BCUT2D eigenvalue weighted by molar-refractivity contribution is 8.01. The molecule has 1 N–H and O–H groups in total. The molecular weight excluding hydrogens is 380 g/mol. The van der Waals surface area contributed by atoms with E-state index in [0.717, 1.165) is 21.3 Å². The van der Waals surface area contributed by atoms with Crippen molar-refractivity contribution < 1.29 is 9.53 Å². The van der Waals surface area contributed by atoms with Crippen LogP contribution in [0.2, 0.25) is 0 Å². The van der Waals surface area contributed by atoms with Crippen LogP contribution in [0.3, 0.4) is 0 Å². The molecule has 0 aliphatic heterocycles. The van der Waals surface area contributed by atoms with Gasteiger partial charge in [0.15, 0.2) is 4.34 Å². The van der Waals surface area contributed by atoms with Gasteiger partial charge in [0.25, 0.3) is 0 Å². The van der Waals surface area contributed by atoms with Crippen LogP contribution in [0, 0.1) is 0 Å². The van der Waals surface area contributed by atoms with E-state index in [1.54, 1.807) is 26.1 Å². The summed E-state index contributed by atoms with van der Waals surface area (Å²) in [6.45, 7) is 0. The minimum Gasteiger partial charge on any atom is -0.495 e. The number of hydrogen-bond donors (Lipinski definition) is 1. The second-order valence-corrected chi connectivity index (χ2v) is 8.17. The van der Waals surface area contributed by atoms with Gasteiger partial charge in [-0.1, -0.05) is 65.6 Å². The molecule has 0 saturated carbocycles. The number of methoxy groups -OCH3 is 1. The van der Waals surface area contributed by atoms with E-state index in [1.165, 1.54) is 23.1 Å². The molecule has 0 bridgehead atoms. The van der Waals surface area contributed by atoms with Crippen molar-refractivity contribution in [2.75, 3.05) is 26.5 Å². The van der Waals surface area contributed by atoms with E-state index in [0.29, 0.717) is 5.13 Å². The Morgan fingerprint density at radius 2 is 1.81 bits per heavy atom. The van der Waals surface area contributed by atoms with Crippen LogP contribution in [0.25, 0.3) is 0 Å². The number of nitrogens with zero attached hydrogens (tertiary/aromatic N) is 3. The maximum absolute atomic E-state index is 12.7. The number of amides is 1. The van der Waals surface area contributed by atoms with Crippen molar-refractivity contribution in [3.05, 3.63) is 60.2 Å². The van der Waals surface area contributed by atoms with Crippen molar-refractivity contribution in [3.63, 3.8) is 0 Å². The number of hydrogen-bond acceptors (Lipinski definition) is 7. The van der Waals surface area contributed by atoms with Crippen LogP contribution >= 0.6 is 23.1 Å². The lowest BCUT2D eigenvalue weighted by atomic mass is 10.1. The van der Waals surface area contributed by atoms with Gasteiger partial charge in [-0.15, -0.1) is 10.2 Å². The fraction of sp³-hybridized carbons (Fsp3) is 0.211. The lowest BCUT2D eigenvalue weighted by molar-refractivity contribution is -0.128. The first-order valence-electron chi connectivity index (χ1n) is 8.25. The SMILES string of the molecule is COc1ccccc1Nc1nnc(SC(C(=O)N(C)C)c2ccccc2)s1. The highest BCUT2D eigenvalue weighted by Gasteiger charge is 2.25. The lowest BCUT2D eigenvalue weighted by Gasteiger charge is -2.19. The number of likely N-dealkylation sites (N-methyl/N-ethyl adjacent to an activating group) is 1.